The van der Waals surface area contributed by atoms with E-state index in [-0.39, 0.29) is 29.9 Å². The van der Waals surface area contributed by atoms with Crippen LogP contribution in [0.3, 0.4) is 0 Å². The smallest absolute Gasteiger partial charge is 0.411 e. The lowest BCUT2D eigenvalue weighted by Crippen LogP contribution is -2.19. The number of benzene rings is 3. The van der Waals surface area contributed by atoms with Crippen LogP contribution in [0.15, 0.2) is 66.7 Å². The summed E-state index contributed by atoms with van der Waals surface area (Å²) in [6.45, 7) is 3.86. The number of ether oxygens (including phenoxy) is 2. The molecule has 1 amide bonds. The average Bonchev–Trinajstić information content (AvgIpc) is 3.07. The lowest BCUT2D eigenvalue weighted by molar-refractivity contribution is 0.0696. The van der Waals surface area contributed by atoms with Crippen LogP contribution < -0.4 is 10.1 Å². The number of nitrogens with one attached hydrogen (secondary N) is 1. The molecule has 2 N–H and O–H groups in total. The van der Waals surface area contributed by atoms with Crippen LogP contribution in [0.5, 0.6) is 5.75 Å². The molecule has 31 heavy (non-hydrogen) atoms. The zero-order valence-corrected chi connectivity index (χ0v) is 17.3. The van der Waals surface area contributed by atoms with Crippen molar-refractivity contribution >= 4 is 17.7 Å². The number of carboxylic acids is 1. The number of carboxylic acid groups (broad SMARTS) is 1. The Hall–Kier alpha value is -3.80. The number of carbonyl (C=O) groups is 2. The molecule has 158 valence electrons. The molecule has 0 unspecified atom stereocenters. The molecule has 0 saturated heterocycles. The summed E-state index contributed by atoms with van der Waals surface area (Å²) in [5, 5.41) is 11.9. The Balaban J connectivity index is 1.51. The summed E-state index contributed by atoms with van der Waals surface area (Å²) in [6, 6.07) is 20.5. The number of amides is 1. The van der Waals surface area contributed by atoms with Crippen LogP contribution in [0.2, 0.25) is 0 Å². The molecule has 0 aliphatic heterocycles. The lowest BCUT2D eigenvalue weighted by atomic mass is 9.98. The Bertz CT molecular complexity index is 1090. The van der Waals surface area contributed by atoms with Gasteiger partial charge >= 0.3 is 12.1 Å². The number of hydrogen-bond acceptors (Lipinski definition) is 4. The summed E-state index contributed by atoms with van der Waals surface area (Å²) in [5.41, 5.74) is 4.83. The van der Waals surface area contributed by atoms with Crippen molar-refractivity contribution < 1.29 is 24.2 Å². The first kappa shape index (κ1) is 20.5. The van der Waals surface area contributed by atoms with E-state index in [0.29, 0.717) is 5.75 Å². The SMILES string of the molecule is CC(C)Oc1ccc(C(=O)O)cc1NC(=O)OCC1c2ccccc2-c2ccccc21. The van der Waals surface area contributed by atoms with Crippen LogP contribution in [-0.4, -0.2) is 29.9 Å². The molecule has 0 fully saturated rings. The van der Waals surface area contributed by atoms with Crippen LogP contribution in [0, 0.1) is 0 Å². The highest BCUT2D eigenvalue weighted by Crippen LogP contribution is 2.44. The number of hydrogen-bond donors (Lipinski definition) is 2. The second kappa shape index (κ2) is 8.52. The molecular formula is C25H23NO5. The normalized spacial score (nSPS) is 12.2. The lowest BCUT2D eigenvalue weighted by Gasteiger charge is -2.17. The maximum atomic E-state index is 12.6. The minimum absolute atomic E-state index is 0.0463. The van der Waals surface area contributed by atoms with Gasteiger partial charge in [-0.25, -0.2) is 9.59 Å². The van der Waals surface area contributed by atoms with E-state index in [0.717, 1.165) is 22.3 Å². The average molecular weight is 417 g/mol. The Morgan fingerprint density at radius 2 is 1.58 bits per heavy atom. The predicted octanol–water partition coefficient (Wildman–Crippen LogP) is 5.53. The van der Waals surface area contributed by atoms with Gasteiger partial charge in [-0.15, -0.1) is 0 Å². The molecular weight excluding hydrogens is 394 g/mol. The molecule has 0 aromatic heterocycles. The number of carbonyl (C=O) groups excluding carboxylic acids is 1. The van der Waals surface area contributed by atoms with Gasteiger partial charge in [-0.2, -0.15) is 0 Å². The maximum Gasteiger partial charge on any atom is 0.411 e. The maximum absolute atomic E-state index is 12.6. The van der Waals surface area contributed by atoms with Gasteiger partial charge in [0.15, 0.2) is 0 Å². The van der Waals surface area contributed by atoms with Crippen LogP contribution in [-0.2, 0) is 4.74 Å². The van der Waals surface area contributed by atoms with Gasteiger partial charge in [-0.3, -0.25) is 5.32 Å². The first-order chi connectivity index (χ1) is 14.9. The van der Waals surface area contributed by atoms with Crippen LogP contribution in [0.4, 0.5) is 10.5 Å². The number of rotatable bonds is 6. The summed E-state index contributed by atoms with van der Waals surface area (Å²) in [7, 11) is 0. The molecule has 6 nitrogen and oxygen atoms in total. The first-order valence-corrected chi connectivity index (χ1v) is 10.1. The van der Waals surface area contributed by atoms with Crippen molar-refractivity contribution in [2.24, 2.45) is 0 Å². The number of anilines is 1. The van der Waals surface area contributed by atoms with Crippen molar-refractivity contribution in [3.05, 3.63) is 83.4 Å². The highest BCUT2D eigenvalue weighted by atomic mass is 16.5. The van der Waals surface area contributed by atoms with Gasteiger partial charge in [0, 0.05) is 5.92 Å². The Morgan fingerprint density at radius 1 is 0.968 bits per heavy atom. The van der Waals surface area contributed by atoms with Crippen LogP contribution in [0.25, 0.3) is 11.1 Å². The van der Waals surface area contributed by atoms with Gasteiger partial charge < -0.3 is 14.6 Å². The van der Waals surface area contributed by atoms with Crippen LogP contribution >= 0.6 is 0 Å². The molecule has 4 rings (SSSR count). The topological polar surface area (TPSA) is 84.9 Å². The van der Waals surface area contributed by atoms with E-state index in [9.17, 15) is 14.7 Å². The van der Waals surface area contributed by atoms with Crippen molar-refractivity contribution in [3.8, 4) is 16.9 Å². The predicted molar refractivity (Wildman–Crippen MR) is 118 cm³/mol. The first-order valence-electron chi connectivity index (χ1n) is 10.1. The van der Waals surface area contributed by atoms with E-state index in [1.54, 1.807) is 0 Å². The standard InChI is InChI=1S/C25H23NO5/c1-15(2)31-23-12-11-16(24(27)28)13-22(23)26-25(29)30-14-21-19-9-5-3-7-17(19)18-8-4-6-10-20(18)21/h3-13,15,21H,14H2,1-2H3,(H,26,29)(H,27,28). The molecule has 1 aliphatic carbocycles. The highest BCUT2D eigenvalue weighted by molar-refractivity contribution is 5.93. The van der Waals surface area contributed by atoms with Gasteiger partial charge in [0.25, 0.3) is 0 Å². The third-order valence-corrected chi connectivity index (χ3v) is 5.17. The Morgan fingerprint density at radius 3 is 2.16 bits per heavy atom. The zero-order valence-electron chi connectivity index (χ0n) is 17.3. The molecule has 0 radical (unpaired) electrons. The molecule has 6 heteroatoms. The second-order valence-electron chi connectivity index (χ2n) is 7.63. The Kier molecular flexibility index (Phi) is 5.62. The summed E-state index contributed by atoms with van der Waals surface area (Å²) >= 11 is 0. The summed E-state index contributed by atoms with van der Waals surface area (Å²) in [5.74, 6) is -0.768. The fraction of sp³-hybridized carbons (Fsp3) is 0.200. The molecule has 0 heterocycles. The zero-order chi connectivity index (χ0) is 22.0. The third kappa shape index (κ3) is 4.23. The van der Waals surface area contributed by atoms with Gasteiger partial charge in [0.1, 0.15) is 12.4 Å². The minimum atomic E-state index is -1.09. The molecule has 0 spiro atoms. The Labute approximate surface area is 180 Å². The quantitative estimate of drug-likeness (QED) is 0.551. The molecule has 3 aromatic carbocycles. The van der Waals surface area contributed by atoms with Crippen molar-refractivity contribution in [3.63, 3.8) is 0 Å². The highest BCUT2D eigenvalue weighted by Gasteiger charge is 2.29. The third-order valence-electron chi connectivity index (χ3n) is 5.17. The number of fused-ring (bicyclic) bond motifs is 3. The molecule has 3 aromatic rings. The van der Waals surface area contributed by atoms with Gasteiger partial charge in [0.2, 0.25) is 0 Å². The van der Waals surface area contributed by atoms with Crippen LogP contribution in [0.1, 0.15) is 41.3 Å². The molecule has 0 saturated carbocycles. The fourth-order valence-electron chi connectivity index (χ4n) is 3.86. The van der Waals surface area contributed by atoms with Gasteiger partial charge in [-0.05, 0) is 54.3 Å². The van der Waals surface area contributed by atoms with E-state index >= 15 is 0 Å². The summed E-state index contributed by atoms with van der Waals surface area (Å²) < 4.78 is 11.2. The van der Waals surface area contributed by atoms with Crippen molar-refractivity contribution in [1.82, 2.24) is 0 Å². The van der Waals surface area contributed by atoms with Gasteiger partial charge in [0.05, 0.1) is 17.4 Å². The fourth-order valence-corrected chi connectivity index (χ4v) is 3.86. The van der Waals surface area contributed by atoms with E-state index in [2.05, 4.69) is 17.4 Å². The van der Waals surface area contributed by atoms with E-state index < -0.39 is 12.1 Å². The van der Waals surface area contributed by atoms with Crippen molar-refractivity contribution in [2.45, 2.75) is 25.9 Å². The monoisotopic (exact) mass is 417 g/mol. The van der Waals surface area contributed by atoms with Gasteiger partial charge in [-0.1, -0.05) is 48.5 Å². The van der Waals surface area contributed by atoms with Crippen molar-refractivity contribution in [1.29, 1.82) is 0 Å². The largest absolute Gasteiger partial charge is 0.489 e. The number of aromatic carboxylic acids is 1. The second-order valence-corrected chi connectivity index (χ2v) is 7.63. The molecule has 0 bridgehead atoms. The minimum Gasteiger partial charge on any atom is -0.489 e. The summed E-state index contributed by atoms with van der Waals surface area (Å²) in [4.78, 5) is 23.9. The summed E-state index contributed by atoms with van der Waals surface area (Å²) in [6.07, 6.45) is -0.809. The molecule has 0 atom stereocenters. The van der Waals surface area contributed by atoms with E-state index in [1.165, 1.54) is 18.2 Å². The molecule has 1 aliphatic rings. The van der Waals surface area contributed by atoms with E-state index in [4.69, 9.17) is 9.47 Å². The van der Waals surface area contributed by atoms with Crippen molar-refractivity contribution in [2.75, 3.05) is 11.9 Å². The van der Waals surface area contributed by atoms with E-state index in [1.807, 2.05) is 50.2 Å².